The first-order valence-corrected chi connectivity index (χ1v) is 8.21. The molecule has 0 aromatic heterocycles. The Labute approximate surface area is 153 Å². The Bertz CT molecular complexity index is 797. The van der Waals surface area contributed by atoms with E-state index in [0.29, 0.717) is 0 Å². The molecule has 0 saturated heterocycles. The Hall–Kier alpha value is -3.00. The third kappa shape index (κ3) is 4.22. The van der Waals surface area contributed by atoms with Gasteiger partial charge in [0, 0.05) is 5.92 Å². The summed E-state index contributed by atoms with van der Waals surface area (Å²) in [5.41, 5.74) is 4.11. The van der Waals surface area contributed by atoms with Gasteiger partial charge in [-0.25, -0.2) is 9.59 Å². The third-order valence-electron chi connectivity index (χ3n) is 4.32. The molecular formula is C19H17F2NO5. The fourth-order valence-electron chi connectivity index (χ4n) is 3.13. The van der Waals surface area contributed by atoms with Crippen molar-refractivity contribution in [3.63, 3.8) is 0 Å². The molecule has 0 heterocycles. The summed E-state index contributed by atoms with van der Waals surface area (Å²) in [6.45, 7) is -4.00. The van der Waals surface area contributed by atoms with Crippen LogP contribution in [0.2, 0.25) is 0 Å². The SMILES string of the molecule is O=C(N[C@@H](COC(F)F)C(=O)O)OCC1c2ccccc2-c2ccccc21. The number of carbonyl (C=O) groups is 2. The highest BCUT2D eigenvalue weighted by Gasteiger charge is 2.30. The highest BCUT2D eigenvalue weighted by Crippen LogP contribution is 2.44. The number of fused-ring (bicyclic) bond motifs is 3. The normalized spacial score (nSPS) is 13.7. The molecule has 8 heteroatoms. The molecule has 0 saturated carbocycles. The van der Waals surface area contributed by atoms with Crippen LogP contribution in [0.5, 0.6) is 0 Å². The average Bonchev–Trinajstić information content (AvgIpc) is 2.97. The molecule has 2 N–H and O–H groups in total. The number of hydrogen-bond donors (Lipinski definition) is 2. The van der Waals surface area contributed by atoms with Crippen LogP contribution in [-0.2, 0) is 14.3 Å². The van der Waals surface area contributed by atoms with E-state index in [1.807, 2.05) is 53.8 Å². The van der Waals surface area contributed by atoms with Crippen LogP contribution < -0.4 is 5.32 Å². The summed E-state index contributed by atoms with van der Waals surface area (Å²) < 4.78 is 33.3. The van der Waals surface area contributed by atoms with E-state index in [9.17, 15) is 18.4 Å². The molecule has 1 amide bonds. The fourth-order valence-corrected chi connectivity index (χ4v) is 3.13. The van der Waals surface area contributed by atoms with Gasteiger partial charge in [-0.15, -0.1) is 0 Å². The number of alkyl carbamates (subject to hydrolysis) is 1. The van der Waals surface area contributed by atoms with Crippen molar-refractivity contribution in [2.45, 2.75) is 18.6 Å². The molecule has 2 aromatic rings. The standard InChI is InChI=1S/C19H17F2NO5/c20-18(21)26-10-16(17(23)24)22-19(25)27-9-15-13-7-3-1-5-11(13)12-6-2-4-8-14(12)15/h1-8,15-16,18H,9-10H2,(H,22,25)(H,23,24)/t16-/m0/s1. The quantitative estimate of drug-likeness (QED) is 0.774. The number of ether oxygens (including phenoxy) is 2. The molecule has 0 bridgehead atoms. The molecular weight excluding hydrogens is 360 g/mol. The van der Waals surface area contributed by atoms with E-state index in [2.05, 4.69) is 4.74 Å². The van der Waals surface area contributed by atoms with Crippen LogP contribution in [0, 0.1) is 0 Å². The maximum absolute atomic E-state index is 12.1. The van der Waals surface area contributed by atoms with Gasteiger partial charge in [-0.05, 0) is 22.3 Å². The van der Waals surface area contributed by atoms with Gasteiger partial charge in [-0.2, -0.15) is 8.78 Å². The molecule has 2 aromatic carbocycles. The molecule has 1 aliphatic carbocycles. The van der Waals surface area contributed by atoms with Crippen LogP contribution in [0.1, 0.15) is 17.0 Å². The van der Waals surface area contributed by atoms with E-state index in [4.69, 9.17) is 9.84 Å². The van der Waals surface area contributed by atoms with E-state index >= 15 is 0 Å². The Balaban J connectivity index is 1.66. The van der Waals surface area contributed by atoms with Crippen LogP contribution in [-0.4, -0.2) is 43.0 Å². The maximum atomic E-state index is 12.1. The van der Waals surface area contributed by atoms with Crippen LogP contribution in [0.15, 0.2) is 48.5 Å². The van der Waals surface area contributed by atoms with E-state index in [-0.39, 0.29) is 12.5 Å². The molecule has 27 heavy (non-hydrogen) atoms. The summed E-state index contributed by atoms with van der Waals surface area (Å²) in [7, 11) is 0. The van der Waals surface area contributed by atoms with Crippen LogP contribution in [0.4, 0.5) is 13.6 Å². The number of hydrogen-bond acceptors (Lipinski definition) is 4. The smallest absolute Gasteiger partial charge is 0.407 e. The minimum absolute atomic E-state index is 0.0120. The van der Waals surface area contributed by atoms with Crippen molar-refractivity contribution in [3.8, 4) is 11.1 Å². The largest absolute Gasteiger partial charge is 0.480 e. The maximum Gasteiger partial charge on any atom is 0.407 e. The monoisotopic (exact) mass is 377 g/mol. The average molecular weight is 377 g/mol. The number of carboxylic acids is 1. The minimum Gasteiger partial charge on any atom is -0.480 e. The van der Waals surface area contributed by atoms with E-state index in [0.717, 1.165) is 22.3 Å². The number of benzene rings is 2. The molecule has 0 fully saturated rings. The molecule has 0 unspecified atom stereocenters. The van der Waals surface area contributed by atoms with Gasteiger partial charge < -0.3 is 19.9 Å². The molecule has 3 rings (SSSR count). The van der Waals surface area contributed by atoms with Crippen molar-refractivity contribution < 1.29 is 33.0 Å². The first kappa shape index (κ1) is 18.8. The summed E-state index contributed by atoms with van der Waals surface area (Å²) >= 11 is 0. The van der Waals surface area contributed by atoms with Crippen molar-refractivity contribution in [2.24, 2.45) is 0 Å². The van der Waals surface area contributed by atoms with Crippen molar-refractivity contribution in [1.82, 2.24) is 5.32 Å². The summed E-state index contributed by atoms with van der Waals surface area (Å²) in [6, 6.07) is 13.8. The zero-order valence-electron chi connectivity index (χ0n) is 14.1. The van der Waals surface area contributed by atoms with Gasteiger partial charge >= 0.3 is 18.7 Å². The van der Waals surface area contributed by atoms with Gasteiger partial charge in [-0.3, -0.25) is 0 Å². The Morgan fingerprint density at radius 2 is 1.59 bits per heavy atom. The minimum atomic E-state index is -3.13. The van der Waals surface area contributed by atoms with E-state index in [1.54, 1.807) is 0 Å². The number of carboxylic acid groups (broad SMARTS) is 1. The molecule has 0 radical (unpaired) electrons. The lowest BCUT2D eigenvalue weighted by Gasteiger charge is -2.17. The number of rotatable bonds is 7. The second kappa shape index (κ2) is 8.13. The number of amides is 1. The Morgan fingerprint density at radius 3 is 2.11 bits per heavy atom. The topological polar surface area (TPSA) is 84.9 Å². The second-order valence-electron chi connectivity index (χ2n) is 5.95. The van der Waals surface area contributed by atoms with Gasteiger partial charge in [-0.1, -0.05) is 48.5 Å². The zero-order chi connectivity index (χ0) is 19.4. The molecule has 6 nitrogen and oxygen atoms in total. The van der Waals surface area contributed by atoms with Crippen molar-refractivity contribution in [3.05, 3.63) is 59.7 Å². The Kier molecular flexibility index (Phi) is 5.66. The first-order valence-electron chi connectivity index (χ1n) is 8.21. The Morgan fingerprint density at radius 1 is 1.04 bits per heavy atom. The van der Waals surface area contributed by atoms with Gasteiger partial charge in [0.1, 0.15) is 6.61 Å². The second-order valence-corrected chi connectivity index (χ2v) is 5.95. The highest BCUT2D eigenvalue weighted by atomic mass is 19.3. The van der Waals surface area contributed by atoms with Gasteiger partial charge in [0.25, 0.3) is 0 Å². The van der Waals surface area contributed by atoms with Crippen molar-refractivity contribution in [1.29, 1.82) is 0 Å². The number of carbonyl (C=O) groups excluding carboxylic acids is 1. The highest BCUT2D eigenvalue weighted by molar-refractivity contribution is 5.81. The molecule has 0 spiro atoms. The summed E-state index contributed by atoms with van der Waals surface area (Å²) in [6.07, 6.45) is -1.01. The number of aliphatic carboxylic acids is 1. The van der Waals surface area contributed by atoms with E-state index < -0.39 is 31.3 Å². The van der Waals surface area contributed by atoms with Gasteiger partial charge in [0.15, 0.2) is 6.04 Å². The summed E-state index contributed by atoms with van der Waals surface area (Å²) in [4.78, 5) is 23.0. The first-order chi connectivity index (χ1) is 13.0. The van der Waals surface area contributed by atoms with Crippen molar-refractivity contribution in [2.75, 3.05) is 13.2 Å². The number of alkyl halides is 2. The summed E-state index contributed by atoms with van der Waals surface area (Å²) in [5.74, 6) is -1.69. The zero-order valence-corrected chi connectivity index (χ0v) is 14.1. The lowest BCUT2D eigenvalue weighted by molar-refractivity contribution is -0.153. The lowest BCUT2D eigenvalue weighted by Crippen LogP contribution is -2.44. The molecule has 142 valence electrons. The van der Waals surface area contributed by atoms with Gasteiger partial charge in [0.2, 0.25) is 0 Å². The van der Waals surface area contributed by atoms with Crippen molar-refractivity contribution >= 4 is 12.1 Å². The predicted octanol–water partition coefficient (Wildman–Crippen LogP) is 3.22. The lowest BCUT2D eigenvalue weighted by atomic mass is 9.98. The predicted molar refractivity (Wildman–Crippen MR) is 91.6 cm³/mol. The van der Waals surface area contributed by atoms with E-state index in [1.165, 1.54) is 0 Å². The fraction of sp³-hybridized carbons (Fsp3) is 0.263. The van der Waals surface area contributed by atoms with Crippen LogP contribution in [0.25, 0.3) is 11.1 Å². The third-order valence-corrected chi connectivity index (χ3v) is 4.32. The molecule has 0 aliphatic heterocycles. The van der Waals surface area contributed by atoms with Crippen LogP contribution in [0.3, 0.4) is 0 Å². The number of halogens is 2. The van der Waals surface area contributed by atoms with Crippen LogP contribution >= 0.6 is 0 Å². The molecule has 1 aliphatic rings. The molecule has 1 atom stereocenters. The summed E-state index contributed by atoms with van der Waals surface area (Å²) in [5, 5.41) is 11.0. The number of nitrogens with one attached hydrogen (secondary N) is 1. The van der Waals surface area contributed by atoms with Gasteiger partial charge in [0.05, 0.1) is 6.61 Å².